The molecule has 0 radical (unpaired) electrons. The molecule has 1 heterocycles. The minimum atomic E-state index is -0.0478. The molecule has 1 N–H and O–H groups in total. The molecule has 2 rings (SSSR count). The van der Waals surface area contributed by atoms with Crippen LogP contribution in [0.5, 0.6) is 0 Å². The largest absolute Gasteiger partial charge is 0.457 e. The van der Waals surface area contributed by atoms with E-state index in [1.807, 2.05) is 0 Å². The predicted molar refractivity (Wildman–Crippen MR) is 69.9 cm³/mol. The third-order valence-electron chi connectivity index (χ3n) is 3.40. The molecular formula is C13H18BrNO2. The van der Waals surface area contributed by atoms with Gasteiger partial charge in [0.05, 0.1) is 11.8 Å². The molecule has 3 nitrogen and oxygen atoms in total. The minimum absolute atomic E-state index is 0.0478. The Morgan fingerprint density at radius 1 is 1.59 bits per heavy atom. The fourth-order valence-electron chi connectivity index (χ4n) is 2.54. The molecule has 1 aromatic rings. The highest BCUT2D eigenvalue weighted by Crippen LogP contribution is 2.35. The van der Waals surface area contributed by atoms with E-state index in [0.717, 1.165) is 12.8 Å². The third-order valence-corrected chi connectivity index (χ3v) is 4.02. The van der Waals surface area contributed by atoms with Crippen LogP contribution in [0.2, 0.25) is 0 Å². The van der Waals surface area contributed by atoms with Gasteiger partial charge in [0.15, 0.2) is 4.67 Å². The lowest BCUT2D eigenvalue weighted by Crippen LogP contribution is -2.40. The monoisotopic (exact) mass is 299 g/mol. The maximum atomic E-state index is 12.0. The first-order valence-electron chi connectivity index (χ1n) is 6.02. The van der Waals surface area contributed by atoms with E-state index in [-0.39, 0.29) is 11.9 Å². The zero-order valence-corrected chi connectivity index (χ0v) is 11.8. The molecule has 0 spiro atoms. The summed E-state index contributed by atoms with van der Waals surface area (Å²) in [7, 11) is 0. The van der Waals surface area contributed by atoms with Gasteiger partial charge in [-0.1, -0.05) is 20.3 Å². The number of hydrogen-bond donors (Lipinski definition) is 1. The summed E-state index contributed by atoms with van der Waals surface area (Å²) in [6, 6.07) is 1.97. The number of halogens is 1. The Balaban J connectivity index is 1.98. The van der Waals surface area contributed by atoms with E-state index in [4.69, 9.17) is 4.42 Å². The lowest BCUT2D eigenvalue weighted by atomic mass is 9.75. The van der Waals surface area contributed by atoms with Gasteiger partial charge in [-0.05, 0) is 46.7 Å². The Hall–Kier alpha value is -0.770. The van der Waals surface area contributed by atoms with Gasteiger partial charge in [0.1, 0.15) is 0 Å². The molecular weight excluding hydrogens is 282 g/mol. The molecule has 1 saturated carbocycles. The number of amides is 1. The van der Waals surface area contributed by atoms with E-state index >= 15 is 0 Å². The molecule has 4 heteroatoms. The van der Waals surface area contributed by atoms with Crippen molar-refractivity contribution in [2.24, 2.45) is 5.41 Å². The summed E-state index contributed by atoms with van der Waals surface area (Å²) >= 11 is 3.23. The van der Waals surface area contributed by atoms with Crippen molar-refractivity contribution in [1.29, 1.82) is 0 Å². The minimum Gasteiger partial charge on any atom is -0.457 e. The summed E-state index contributed by atoms with van der Waals surface area (Å²) in [6.45, 7) is 4.53. The summed E-state index contributed by atoms with van der Waals surface area (Å²) in [5, 5.41) is 3.09. The van der Waals surface area contributed by atoms with Gasteiger partial charge in [-0.3, -0.25) is 4.79 Å². The zero-order valence-electron chi connectivity index (χ0n) is 10.3. The topological polar surface area (TPSA) is 42.2 Å². The second-order valence-electron chi connectivity index (χ2n) is 5.54. The van der Waals surface area contributed by atoms with Crippen LogP contribution in [0.1, 0.15) is 49.9 Å². The molecule has 0 aliphatic heterocycles. The fraction of sp³-hybridized carbons (Fsp3) is 0.615. The normalized spacial score (nSPS) is 23.4. The van der Waals surface area contributed by atoms with Crippen molar-refractivity contribution in [2.45, 2.75) is 45.6 Å². The Labute approximate surface area is 110 Å². The Morgan fingerprint density at radius 3 is 2.94 bits per heavy atom. The van der Waals surface area contributed by atoms with E-state index in [9.17, 15) is 4.79 Å². The smallest absolute Gasteiger partial charge is 0.255 e. The molecule has 94 valence electrons. The van der Waals surface area contributed by atoms with Crippen LogP contribution in [0, 0.1) is 5.41 Å². The maximum absolute atomic E-state index is 12.0. The van der Waals surface area contributed by atoms with Gasteiger partial charge in [0.25, 0.3) is 5.91 Å². The first kappa shape index (κ1) is 12.7. The number of furan rings is 1. The van der Waals surface area contributed by atoms with Crippen LogP contribution in [-0.4, -0.2) is 11.9 Å². The van der Waals surface area contributed by atoms with Gasteiger partial charge in [-0.25, -0.2) is 0 Å². The average Bonchev–Trinajstić information content (AvgIpc) is 2.62. The van der Waals surface area contributed by atoms with Crippen molar-refractivity contribution >= 4 is 21.8 Å². The molecule has 0 saturated heterocycles. The fourth-order valence-corrected chi connectivity index (χ4v) is 2.96. The summed E-state index contributed by atoms with van der Waals surface area (Å²) in [6.07, 6.45) is 6.07. The SMILES string of the molecule is CC1(C)CCCC(NC(=O)c2ccoc2Br)C1. The first-order valence-corrected chi connectivity index (χ1v) is 6.81. The van der Waals surface area contributed by atoms with Crippen molar-refractivity contribution in [3.05, 3.63) is 22.6 Å². The van der Waals surface area contributed by atoms with Crippen molar-refractivity contribution in [1.82, 2.24) is 5.32 Å². The first-order chi connectivity index (χ1) is 7.98. The lowest BCUT2D eigenvalue weighted by Gasteiger charge is -2.35. The highest BCUT2D eigenvalue weighted by molar-refractivity contribution is 9.10. The highest BCUT2D eigenvalue weighted by Gasteiger charge is 2.29. The van der Waals surface area contributed by atoms with Crippen LogP contribution >= 0.6 is 15.9 Å². The van der Waals surface area contributed by atoms with E-state index in [1.165, 1.54) is 19.1 Å². The van der Waals surface area contributed by atoms with Crippen LogP contribution in [0.3, 0.4) is 0 Å². The van der Waals surface area contributed by atoms with Crippen LogP contribution in [0.4, 0.5) is 0 Å². The number of carbonyl (C=O) groups is 1. The molecule has 1 amide bonds. The molecule has 0 aromatic carbocycles. The molecule has 1 fully saturated rings. The Bertz CT molecular complexity index is 411. The average molecular weight is 300 g/mol. The predicted octanol–water partition coefficient (Wildman–Crippen LogP) is 3.74. The second kappa shape index (κ2) is 4.84. The zero-order chi connectivity index (χ0) is 12.5. The summed E-state index contributed by atoms with van der Waals surface area (Å²) in [5.74, 6) is -0.0478. The van der Waals surface area contributed by atoms with Crippen LogP contribution in [-0.2, 0) is 0 Å². The number of carbonyl (C=O) groups excluding carboxylic acids is 1. The number of hydrogen-bond acceptors (Lipinski definition) is 2. The summed E-state index contributed by atoms with van der Waals surface area (Å²) in [4.78, 5) is 12.0. The molecule has 1 aromatic heterocycles. The van der Waals surface area contributed by atoms with E-state index < -0.39 is 0 Å². The van der Waals surface area contributed by atoms with E-state index in [0.29, 0.717) is 15.6 Å². The van der Waals surface area contributed by atoms with Gasteiger partial charge >= 0.3 is 0 Å². The maximum Gasteiger partial charge on any atom is 0.255 e. The Morgan fingerprint density at radius 2 is 2.35 bits per heavy atom. The number of rotatable bonds is 2. The van der Waals surface area contributed by atoms with Gasteiger partial charge < -0.3 is 9.73 Å². The van der Waals surface area contributed by atoms with Gasteiger partial charge in [0.2, 0.25) is 0 Å². The van der Waals surface area contributed by atoms with Crippen molar-refractivity contribution in [2.75, 3.05) is 0 Å². The third kappa shape index (κ3) is 3.12. The van der Waals surface area contributed by atoms with E-state index in [2.05, 4.69) is 35.1 Å². The van der Waals surface area contributed by atoms with E-state index in [1.54, 1.807) is 6.07 Å². The van der Waals surface area contributed by atoms with Crippen LogP contribution < -0.4 is 5.32 Å². The van der Waals surface area contributed by atoms with Crippen LogP contribution in [0.25, 0.3) is 0 Å². The molecule has 1 unspecified atom stereocenters. The molecule has 17 heavy (non-hydrogen) atoms. The number of nitrogens with one attached hydrogen (secondary N) is 1. The molecule has 1 aliphatic rings. The summed E-state index contributed by atoms with van der Waals surface area (Å²) in [5.41, 5.74) is 0.914. The lowest BCUT2D eigenvalue weighted by molar-refractivity contribution is 0.0901. The van der Waals surface area contributed by atoms with Crippen molar-refractivity contribution in [3.8, 4) is 0 Å². The van der Waals surface area contributed by atoms with Gasteiger partial charge in [0, 0.05) is 6.04 Å². The van der Waals surface area contributed by atoms with Crippen molar-refractivity contribution in [3.63, 3.8) is 0 Å². The van der Waals surface area contributed by atoms with Gasteiger partial charge in [-0.2, -0.15) is 0 Å². The summed E-state index contributed by atoms with van der Waals surface area (Å²) < 4.78 is 5.58. The highest BCUT2D eigenvalue weighted by atomic mass is 79.9. The molecule has 1 aliphatic carbocycles. The second-order valence-corrected chi connectivity index (χ2v) is 6.26. The molecule has 1 atom stereocenters. The van der Waals surface area contributed by atoms with Crippen LogP contribution in [0.15, 0.2) is 21.4 Å². The van der Waals surface area contributed by atoms with Gasteiger partial charge in [-0.15, -0.1) is 0 Å². The molecule has 0 bridgehead atoms. The Kier molecular flexibility index (Phi) is 3.61. The standard InChI is InChI=1S/C13H18BrNO2/c1-13(2)6-3-4-9(8-13)15-12(16)10-5-7-17-11(10)14/h5,7,9H,3-4,6,8H2,1-2H3,(H,15,16). The quantitative estimate of drug-likeness (QED) is 0.904. The van der Waals surface area contributed by atoms with Crippen molar-refractivity contribution < 1.29 is 9.21 Å².